The Hall–Kier alpha value is -0.950. The van der Waals surface area contributed by atoms with Crippen molar-refractivity contribution in [1.29, 1.82) is 0 Å². The summed E-state index contributed by atoms with van der Waals surface area (Å²) in [7, 11) is -1.93. The van der Waals surface area contributed by atoms with Crippen LogP contribution in [-0.2, 0) is 21.3 Å². The molecule has 3 N–H and O–H groups in total. The van der Waals surface area contributed by atoms with Crippen LogP contribution < -0.4 is 10.5 Å². The van der Waals surface area contributed by atoms with Gasteiger partial charge in [0.05, 0.1) is 11.5 Å². The summed E-state index contributed by atoms with van der Waals surface area (Å²) in [6.07, 6.45) is 0. The summed E-state index contributed by atoms with van der Waals surface area (Å²) >= 11 is 0. The minimum Gasteiger partial charge on any atom is -0.383 e. The molecule has 6 heteroatoms. The molecule has 0 radical (unpaired) electrons. The van der Waals surface area contributed by atoms with Crippen LogP contribution in [0.4, 0.5) is 0 Å². The maximum absolute atomic E-state index is 11.8. The van der Waals surface area contributed by atoms with Crippen LogP contribution in [0.15, 0.2) is 29.2 Å². The molecule has 5 nitrogen and oxygen atoms in total. The van der Waals surface area contributed by atoms with Gasteiger partial charge in [0.15, 0.2) is 0 Å². The Morgan fingerprint density at radius 2 is 2.19 bits per heavy atom. The van der Waals surface area contributed by atoms with E-state index in [1.807, 2.05) is 0 Å². The lowest BCUT2D eigenvalue weighted by molar-refractivity contribution is 0.204. The van der Waals surface area contributed by atoms with Crippen molar-refractivity contribution < 1.29 is 13.2 Å². The predicted octanol–water partition coefficient (Wildman–Crippen LogP) is 0.0700. The minimum atomic E-state index is -3.45. The average molecular weight is 244 g/mol. The second-order valence-electron chi connectivity index (χ2n) is 3.24. The zero-order chi connectivity index (χ0) is 12.0. The highest BCUT2D eigenvalue weighted by Gasteiger charge is 2.12. The second-order valence-corrected chi connectivity index (χ2v) is 5.01. The van der Waals surface area contributed by atoms with E-state index in [-0.39, 0.29) is 11.4 Å². The number of ether oxygens (including phenoxy) is 1. The number of nitrogens with two attached hydrogens (primary N) is 1. The van der Waals surface area contributed by atoms with Gasteiger partial charge in [-0.1, -0.05) is 12.1 Å². The number of rotatable bonds is 6. The van der Waals surface area contributed by atoms with Gasteiger partial charge in [0, 0.05) is 20.2 Å². The van der Waals surface area contributed by atoms with E-state index in [0.717, 1.165) is 5.56 Å². The molecule has 1 aromatic rings. The first kappa shape index (κ1) is 13.1. The van der Waals surface area contributed by atoms with E-state index in [1.165, 1.54) is 13.2 Å². The van der Waals surface area contributed by atoms with Crippen LogP contribution in [0.2, 0.25) is 0 Å². The Balaban J connectivity index is 2.81. The molecular formula is C10H16N2O3S. The maximum atomic E-state index is 11.8. The Morgan fingerprint density at radius 1 is 1.44 bits per heavy atom. The topological polar surface area (TPSA) is 81.4 Å². The molecule has 1 aromatic carbocycles. The number of methoxy groups -OCH3 is 1. The van der Waals surface area contributed by atoms with Gasteiger partial charge in [0.2, 0.25) is 10.0 Å². The second kappa shape index (κ2) is 5.95. The molecule has 0 saturated heterocycles. The van der Waals surface area contributed by atoms with Gasteiger partial charge in [-0.25, -0.2) is 13.1 Å². The van der Waals surface area contributed by atoms with Gasteiger partial charge in [-0.2, -0.15) is 0 Å². The van der Waals surface area contributed by atoms with Crippen molar-refractivity contribution in [2.24, 2.45) is 5.73 Å². The number of benzene rings is 1. The molecular weight excluding hydrogens is 228 g/mol. The lowest BCUT2D eigenvalue weighted by atomic mass is 10.2. The first-order chi connectivity index (χ1) is 7.60. The van der Waals surface area contributed by atoms with Gasteiger partial charge in [-0.15, -0.1) is 0 Å². The van der Waals surface area contributed by atoms with Crippen LogP contribution >= 0.6 is 0 Å². The molecule has 0 aliphatic heterocycles. The third kappa shape index (κ3) is 3.57. The highest BCUT2D eigenvalue weighted by Crippen LogP contribution is 2.10. The van der Waals surface area contributed by atoms with Crippen LogP contribution in [0, 0.1) is 0 Å². The molecule has 0 atom stereocenters. The third-order valence-electron chi connectivity index (χ3n) is 2.04. The Kier molecular flexibility index (Phi) is 4.88. The molecule has 0 heterocycles. The fraction of sp³-hybridized carbons (Fsp3) is 0.400. The van der Waals surface area contributed by atoms with Gasteiger partial charge < -0.3 is 10.5 Å². The van der Waals surface area contributed by atoms with Crippen molar-refractivity contribution >= 4 is 10.0 Å². The van der Waals surface area contributed by atoms with Crippen LogP contribution in [0.1, 0.15) is 5.56 Å². The summed E-state index contributed by atoms with van der Waals surface area (Å²) in [5.74, 6) is 0. The lowest BCUT2D eigenvalue weighted by Gasteiger charge is -2.07. The smallest absolute Gasteiger partial charge is 0.240 e. The van der Waals surface area contributed by atoms with E-state index in [9.17, 15) is 8.42 Å². The minimum absolute atomic E-state index is 0.228. The van der Waals surface area contributed by atoms with Crippen molar-refractivity contribution in [3.8, 4) is 0 Å². The fourth-order valence-electron chi connectivity index (χ4n) is 1.20. The quantitative estimate of drug-likeness (QED) is 0.694. The number of hydrogen-bond acceptors (Lipinski definition) is 4. The molecule has 0 bridgehead atoms. The van der Waals surface area contributed by atoms with Crippen molar-refractivity contribution in [2.45, 2.75) is 11.4 Å². The summed E-state index contributed by atoms with van der Waals surface area (Å²) in [6, 6.07) is 6.56. The largest absolute Gasteiger partial charge is 0.383 e. The highest BCUT2D eigenvalue weighted by molar-refractivity contribution is 7.89. The lowest BCUT2D eigenvalue weighted by Crippen LogP contribution is -2.27. The maximum Gasteiger partial charge on any atom is 0.240 e. The number of sulfonamides is 1. The Labute approximate surface area is 95.7 Å². The first-order valence-electron chi connectivity index (χ1n) is 4.88. The van der Waals surface area contributed by atoms with Gasteiger partial charge >= 0.3 is 0 Å². The average Bonchev–Trinajstić information content (AvgIpc) is 2.29. The normalized spacial score (nSPS) is 11.6. The molecule has 0 saturated carbocycles. The van der Waals surface area contributed by atoms with E-state index in [0.29, 0.717) is 13.2 Å². The number of nitrogens with one attached hydrogen (secondary N) is 1. The summed E-state index contributed by atoms with van der Waals surface area (Å²) < 4.78 is 30.7. The molecule has 0 aliphatic carbocycles. The van der Waals surface area contributed by atoms with Crippen LogP contribution in [0.25, 0.3) is 0 Å². The molecule has 1 rings (SSSR count). The van der Waals surface area contributed by atoms with Crippen molar-refractivity contribution in [2.75, 3.05) is 20.3 Å². The standard InChI is InChI=1S/C10H16N2O3S/c1-15-6-5-12-16(13,14)10-4-2-3-9(7-10)8-11/h2-4,7,12H,5-6,8,11H2,1H3. The Bertz CT molecular complexity index is 431. The van der Waals surface area contributed by atoms with Crippen molar-refractivity contribution in [3.63, 3.8) is 0 Å². The molecule has 0 aliphatic rings. The van der Waals surface area contributed by atoms with Gasteiger partial charge in [0.1, 0.15) is 0 Å². The van der Waals surface area contributed by atoms with E-state index >= 15 is 0 Å². The molecule has 16 heavy (non-hydrogen) atoms. The van der Waals surface area contributed by atoms with Crippen molar-refractivity contribution in [1.82, 2.24) is 4.72 Å². The molecule has 0 unspecified atom stereocenters. The van der Waals surface area contributed by atoms with Crippen molar-refractivity contribution in [3.05, 3.63) is 29.8 Å². The van der Waals surface area contributed by atoms with Gasteiger partial charge in [0.25, 0.3) is 0 Å². The highest BCUT2D eigenvalue weighted by atomic mass is 32.2. The summed E-state index contributed by atoms with van der Waals surface area (Å²) in [5.41, 5.74) is 6.24. The van der Waals surface area contributed by atoms with Crippen LogP contribution in [-0.4, -0.2) is 28.7 Å². The predicted molar refractivity (Wildman–Crippen MR) is 61.4 cm³/mol. The summed E-state index contributed by atoms with van der Waals surface area (Å²) in [5, 5.41) is 0. The molecule has 0 aromatic heterocycles. The molecule has 0 spiro atoms. The van der Waals surface area contributed by atoms with Gasteiger partial charge in [-0.05, 0) is 17.7 Å². The van der Waals surface area contributed by atoms with E-state index in [4.69, 9.17) is 10.5 Å². The SMILES string of the molecule is COCCNS(=O)(=O)c1cccc(CN)c1. The summed E-state index contributed by atoms with van der Waals surface area (Å²) in [4.78, 5) is 0.228. The van der Waals surface area contributed by atoms with E-state index in [2.05, 4.69) is 4.72 Å². The van der Waals surface area contributed by atoms with Crippen LogP contribution in [0.5, 0.6) is 0 Å². The summed E-state index contributed by atoms with van der Waals surface area (Å²) in [6.45, 7) is 0.920. The van der Waals surface area contributed by atoms with Crippen LogP contribution in [0.3, 0.4) is 0 Å². The van der Waals surface area contributed by atoms with E-state index < -0.39 is 10.0 Å². The fourth-order valence-corrected chi connectivity index (χ4v) is 2.28. The van der Waals surface area contributed by atoms with Gasteiger partial charge in [-0.3, -0.25) is 0 Å². The Morgan fingerprint density at radius 3 is 2.81 bits per heavy atom. The molecule has 0 amide bonds. The third-order valence-corrected chi connectivity index (χ3v) is 3.50. The number of hydrogen-bond donors (Lipinski definition) is 2. The first-order valence-corrected chi connectivity index (χ1v) is 6.36. The molecule has 90 valence electrons. The molecule has 0 fully saturated rings. The zero-order valence-corrected chi connectivity index (χ0v) is 9.96. The monoisotopic (exact) mass is 244 g/mol. The van der Waals surface area contributed by atoms with E-state index in [1.54, 1.807) is 18.2 Å². The zero-order valence-electron chi connectivity index (χ0n) is 9.14.